The number of hydrogen-bond donors (Lipinski definition) is 1. The molecule has 1 aromatic rings. The molecule has 0 spiro atoms. The van der Waals surface area contributed by atoms with Crippen LogP contribution in [0.3, 0.4) is 0 Å². The molecule has 1 saturated heterocycles. The maximum Gasteiger partial charge on any atom is 0.263 e. The minimum absolute atomic E-state index is 0.0898. The lowest BCUT2D eigenvalue weighted by Crippen LogP contribution is -2.43. The van der Waals surface area contributed by atoms with Gasteiger partial charge in [-0.1, -0.05) is 12.1 Å². The number of hydrogen-bond acceptors (Lipinski definition) is 4. The predicted octanol–water partition coefficient (Wildman–Crippen LogP) is 2.37. The number of piperidine rings is 1. The summed E-state index contributed by atoms with van der Waals surface area (Å²) in [5.74, 6) is 0.227. The van der Waals surface area contributed by atoms with E-state index >= 15 is 0 Å². The number of thiophene rings is 1. The van der Waals surface area contributed by atoms with E-state index in [1.54, 1.807) is 0 Å². The highest BCUT2D eigenvalue weighted by Gasteiger charge is 2.26. The summed E-state index contributed by atoms with van der Waals surface area (Å²) in [4.78, 5) is 16.0. The van der Waals surface area contributed by atoms with Crippen LogP contribution in [0.1, 0.15) is 27.9 Å². The van der Waals surface area contributed by atoms with Crippen LogP contribution in [0, 0.1) is 12.8 Å². The van der Waals surface area contributed by atoms with Gasteiger partial charge in [0.05, 0.1) is 10.6 Å². The summed E-state index contributed by atoms with van der Waals surface area (Å²) in [6, 6.07) is 3.84. The molecule has 1 fully saturated rings. The summed E-state index contributed by atoms with van der Waals surface area (Å²) < 4.78 is 0. The molecule has 1 amide bonds. The Balaban J connectivity index is 2.07. The van der Waals surface area contributed by atoms with Crippen molar-refractivity contribution in [1.29, 1.82) is 0 Å². The quantitative estimate of drug-likeness (QED) is 0.616. The van der Waals surface area contributed by atoms with Gasteiger partial charge in [0.15, 0.2) is 0 Å². The Morgan fingerprint density at radius 2 is 2.35 bits per heavy atom. The van der Waals surface area contributed by atoms with E-state index in [0.717, 1.165) is 15.5 Å². The normalized spacial score (nSPS) is 23.1. The summed E-state index contributed by atoms with van der Waals surface area (Å²) in [5.41, 5.74) is 0.788. The summed E-state index contributed by atoms with van der Waals surface area (Å²) in [6.07, 6.45) is 0.660. The maximum atomic E-state index is 12.2. The summed E-state index contributed by atoms with van der Waals surface area (Å²) in [6.45, 7) is 5.25. The third-order valence-corrected chi connectivity index (χ3v) is 4.06. The Morgan fingerprint density at radius 1 is 1.59 bits per heavy atom. The Kier molecular flexibility index (Phi) is 3.47. The van der Waals surface area contributed by atoms with Crippen LogP contribution in [-0.2, 0) is 0 Å². The van der Waals surface area contributed by atoms with Gasteiger partial charge in [0, 0.05) is 30.3 Å². The monoisotopic (exact) mass is 252 g/mol. The van der Waals surface area contributed by atoms with Crippen LogP contribution < -0.4 is 0 Å². The van der Waals surface area contributed by atoms with E-state index in [4.69, 9.17) is 5.21 Å². The zero-order valence-electron chi connectivity index (χ0n) is 10.0. The summed E-state index contributed by atoms with van der Waals surface area (Å²) >= 11 is 1.53. The van der Waals surface area contributed by atoms with Crippen LogP contribution in [-0.4, -0.2) is 34.8 Å². The lowest BCUT2D eigenvalue weighted by atomic mass is 9.97. The standard InChI is InChI=1S/C12H16N2O2S/c1-8-7-14(6-5-10(8)13-16)12(15)11-4-3-9(2)17-11/h3-4,8,16H,5-7H2,1-2H3/b13-10+. The highest BCUT2D eigenvalue weighted by atomic mass is 32.1. The molecule has 4 nitrogen and oxygen atoms in total. The number of carbonyl (C=O) groups is 1. The predicted molar refractivity (Wildman–Crippen MR) is 68.0 cm³/mol. The Morgan fingerprint density at radius 3 is 2.88 bits per heavy atom. The van der Waals surface area contributed by atoms with Crippen molar-refractivity contribution in [3.63, 3.8) is 0 Å². The molecule has 1 N–H and O–H groups in total. The Hall–Kier alpha value is -1.36. The van der Waals surface area contributed by atoms with Gasteiger partial charge in [-0.05, 0) is 19.1 Å². The lowest BCUT2D eigenvalue weighted by Gasteiger charge is -2.31. The molecule has 0 saturated carbocycles. The molecule has 2 rings (SSSR count). The molecule has 1 aliphatic rings. The van der Waals surface area contributed by atoms with E-state index < -0.39 is 0 Å². The van der Waals surface area contributed by atoms with Gasteiger partial charge >= 0.3 is 0 Å². The van der Waals surface area contributed by atoms with E-state index in [2.05, 4.69) is 5.16 Å². The molecule has 1 aromatic heterocycles. The van der Waals surface area contributed by atoms with Crippen molar-refractivity contribution < 1.29 is 10.0 Å². The number of nitrogens with zero attached hydrogens (tertiary/aromatic N) is 2. The van der Waals surface area contributed by atoms with E-state index in [9.17, 15) is 4.79 Å². The van der Waals surface area contributed by atoms with Gasteiger partial charge in [-0.25, -0.2) is 0 Å². The van der Waals surface area contributed by atoms with Gasteiger partial charge < -0.3 is 10.1 Å². The molecule has 1 aliphatic heterocycles. The molecule has 2 heterocycles. The van der Waals surface area contributed by atoms with Crippen LogP contribution in [0.4, 0.5) is 0 Å². The average molecular weight is 252 g/mol. The molecule has 92 valence electrons. The fraction of sp³-hybridized carbons (Fsp3) is 0.500. The number of oxime groups is 1. The average Bonchev–Trinajstić information content (AvgIpc) is 2.75. The van der Waals surface area contributed by atoms with Crippen molar-refractivity contribution in [1.82, 2.24) is 4.90 Å². The topological polar surface area (TPSA) is 52.9 Å². The van der Waals surface area contributed by atoms with Crippen LogP contribution in [0.5, 0.6) is 0 Å². The molecule has 5 heteroatoms. The van der Waals surface area contributed by atoms with Crippen molar-refractivity contribution in [3.8, 4) is 0 Å². The van der Waals surface area contributed by atoms with Gasteiger partial charge in [0.1, 0.15) is 0 Å². The van der Waals surface area contributed by atoms with Crippen molar-refractivity contribution in [2.45, 2.75) is 20.3 Å². The highest BCUT2D eigenvalue weighted by Crippen LogP contribution is 2.21. The zero-order chi connectivity index (χ0) is 12.4. The number of likely N-dealkylation sites (tertiary alicyclic amines) is 1. The van der Waals surface area contributed by atoms with E-state index in [-0.39, 0.29) is 11.8 Å². The highest BCUT2D eigenvalue weighted by molar-refractivity contribution is 7.13. The molecule has 0 bridgehead atoms. The number of rotatable bonds is 1. The van der Waals surface area contributed by atoms with E-state index in [1.807, 2.05) is 30.9 Å². The third-order valence-electron chi connectivity index (χ3n) is 3.07. The van der Waals surface area contributed by atoms with Crippen molar-refractivity contribution in [2.24, 2.45) is 11.1 Å². The molecular formula is C12H16N2O2S. The van der Waals surface area contributed by atoms with Crippen LogP contribution in [0.2, 0.25) is 0 Å². The SMILES string of the molecule is Cc1ccc(C(=O)N2CC/C(=N\O)C(C)C2)s1. The van der Waals surface area contributed by atoms with Gasteiger partial charge in [-0.15, -0.1) is 11.3 Å². The van der Waals surface area contributed by atoms with Gasteiger partial charge in [-0.3, -0.25) is 4.79 Å². The largest absolute Gasteiger partial charge is 0.411 e. The first-order valence-electron chi connectivity index (χ1n) is 5.68. The maximum absolute atomic E-state index is 12.2. The summed E-state index contributed by atoms with van der Waals surface area (Å²) in [7, 11) is 0. The molecule has 1 unspecified atom stereocenters. The van der Waals surface area contributed by atoms with Gasteiger partial charge in [0.25, 0.3) is 5.91 Å². The van der Waals surface area contributed by atoms with Crippen LogP contribution in [0.15, 0.2) is 17.3 Å². The minimum Gasteiger partial charge on any atom is -0.411 e. The summed E-state index contributed by atoms with van der Waals surface area (Å²) in [5, 5.41) is 12.1. The second-order valence-electron chi connectivity index (χ2n) is 4.40. The number of aryl methyl sites for hydroxylation is 1. The molecule has 17 heavy (non-hydrogen) atoms. The number of carbonyl (C=O) groups excluding carboxylic acids is 1. The third kappa shape index (κ3) is 2.49. The Bertz CT molecular complexity index is 453. The van der Waals surface area contributed by atoms with Gasteiger partial charge in [0.2, 0.25) is 0 Å². The smallest absolute Gasteiger partial charge is 0.263 e. The van der Waals surface area contributed by atoms with Crippen molar-refractivity contribution in [2.75, 3.05) is 13.1 Å². The first-order valence-corrected chi connectivity index (χ1v) is 6.50. The molecule has 1 atom stereocenters. The second-order valence-corrected chi connectivity index (χ2v) is 5.69. The van der Waals surface area contributed by atoms with E-state index in [0.29, 0.717) is 19.5 Å². The van der Waals surface area contributed by atoms with Crippen LogP contribution >= 0.6 is 11.3 Å². The van der Waals surface area contributed by atoms with Crippen LogP contribution in [0.25, 0.3) is 0 Å². The van der Waals surface area contributed by atoms with Crippen molar-refractivity contribution in [3.05, 3.63) is 21.9 Å². The lowest BCUT2D eigenvalue weighted by molar-refractivity contribution is 0.0739. The first-order chi connectivity index (χ1) is 8.11. The zero-order valence-corrected chi connectivity index (χ0v) is 10.8. The molecule has 0 radical (unpaired) electrons. The minimum atomic E-state index is 0.0898. The molecule has 0 aromatic carbocycles. The fourth-order valence-electron chi connectivity index (χ4n) is 2.06. The molecule has 0 aliphatic carbocycles. The van der Waals surface area contributed by atoms with Crippen molar-refractivity contribution >= 4 is 23.0 Å². The van der Waals surface area contributed by atoms with Gasteiger partial charge in [-0.2, -0.15) is 0 Å². The van der Waals surface area contributed by atoms with E-state index in [1.165, 1.54) is 11.3 Å². The fourth-order valence-corrected chi connectivity index (χ4v) is 2.90. The molecular weight excluding hydrogens is 236 g/mol. The first kappa shape index (κ1) is 12.1. The second kappa shape index (κ2) is 4.87. The number of amides is 1. The Labute approximate surface area is 105 Å².